The van der Waals surface area contributed by atoms with Crippen molar-refractivity contribution in [3.05, 3.63) is 18.9 Å². The van der Waals surface area contributed by atoms with E-state index < -0.39 is 0 Å². The maximum atomic E-state index is 4.87. The second-order valence-corrected chi connectivity index (χ2v) is 1.89. The normalized spacial score (nSPS) is 10.4. The van der Waals surface area contributed by atoms with Crippen molar-refractivity contribution in [2.24, 2.45) is 0 Å². The van der Waals surface area contributed by atoms with Crippen LogP contribution in [0.2, 0.25) is 0 Å². The lowest BCUT2D eigenvalue weighted by Crippen LogP contribution is -1.70. The van der Waals surface area contributed by atoms with E-state index in [4.69, 9.17) is 4.74 Å². The first-order valence-electron chi connectivity index (χ1n) is 3.50. The molecule has 9 heavy (non-hydrogen) atoms. The minimum atomic E-state index is 1.13. The van der Waals surface area contributed by atoms with Crippen molar-refractivity contribution in [1.29, 1.82) is 0 Å². The fourth-order valence-corrected chi connectivity index (χ4v) is 0.524. The molecule has 0 aromatic heterocycles. The molecule has 0 aliphatic rings. The number of ether oxygens (including phenoxy) is 1. The van der Waals surface area contributed by atoms with Crippen LogP contribution < -0.4 is 0 Å². The molecule has 53 valence electrons. The Morgan fingerprint density at radius 3 is 2.78 bits per heavy atom. The summed E-state index contributed by atoms with van der Waals surface area (Å²) in [5, 5.41) is 0. The Kier molecular flexibility index (Phi) is 7.15. The zero-order valence-electron chi connectivity index (χ0n) is 6.26. The molecule has 0 saturated heterocycles. The summed E-state index contributed by atoms with van der Waals surface area (Å²) in [6.45, 7) is 5.72. The molecule has 0 spiro atoms. The Labute approximate surface area is 57.7 Å². The second kappa shape index (κ2) is 7.54. The fourth-order valence-electron chi connectivity index (χ4n) is 0.524. The smallest absolute Gasteiger partial charge is 0.131 e. The number of hydrogen-bond donors (Lipinski definition) is 0. The van der Waals surface area contributed by atoms with Crippen LogP contribution in [0.3, 0.4) is 0 Å². The summed E-state index contributed by atoms with van der Waals surface area (Å²) in [7, 11) is 0. The molecule has 0 atom stereocenters. The number of unbranched alkanes of at least 4 members (excludes halogenated alkanes) is 2. The Balaban J connectivity index is 2.86. The summed E-state index contributed by atoms with van der Waals surface area (Å²) in [5.41, 5.74) is 0. The van der Waals surface area contributed by atoms with E-state index in [1.807, 2.05) is 13.0 Å². The van der Waals surface area contributed by atoms with Crippen LogP contribution in [-0.4, -0.2) is 0 Å². The van der Waals surface area contributed by atoms with E-state index in [0.29, 0.717) is 0 Å². The molecular formula is C8H15O. The highest BCUT2D eigenvalue weighted by atomic mass is 16.5. The third kappa shape index (κ3) is 7.54. The predicted molar refractivity (Wildman–Crippen MR) is 39.7 cm³/mol. The highest BCUT2D eigenvalue weighted by Crippen LogP contribution is 1.94. The summed E-state index contributed by atoms with van der Waals surface area (Å²) in [4.78, 5) is 0. The van der Waals surface area contributed by atoms with Gasteiger partial charge in [-0.15, -0.1) is 0 Å². The largest absolute Gasteiger partial charge is 0.495 e. The average molecular weight is 127 g/mol. The monoisotopic (exact) mass is 127 g/mol. The van der Waals surface area contributed by atoms with E-state index in [0.717, 1.165) is 6.42 Å². The van der Waals surface area contributed by atoms with Gasteiger partial charge in [0.2, 0.25) is 0 Å². The van der Waals surface area contributed by atoms with Crippen LogP contribution in [0.4, 0.5) is 0 Å². The molecule has 0 amide bonds. The maximum absolute atomic E-state index is 4.87. The first-order valence-corrected chi connectivity index (χ1v) is 3.50. The van der Waals surface area contributed by atoms with Gasteiger partial charge in [-0.05, 0) is 25.8 Å². The van der Waals surface area contributed by atoms with Crippen LogP contribution >= 0.6 is 0 Å². The average Bonchev–Trinajstić information content (AvgIpc) is 1.89. The van der Waals surface area contributed by atoms with Crippen LogP contribution in [0.25, 0.3) is 0 Å². The first kappa shape index (κ1) is 8.54. The molecule has 0 rings (SSSR count). The van der Waals surface area contributed by atoms with Crippen molar-refractivity contribution < 1.29 is 4.74 Å². The lowest BCUT2D eigenvalue weighted by Gasteiger charge is -1.90. The van der Waals surface area contributed by atoms with Crippen LogP contribution in [-0.2, 0) is 4.74 Å². The molecular weight excluding hydrogens is 112 g/mol. The molecule has 1 nitrogen and oxygen atoms in total. The van der Waals surface area contributed by atoms with Crippen LogP contribution in [0.15, 0.2) is 12.3 Å². The molecule has 0 fully saturated rings. The Morgan fingerprint density at radius 1 is 1.44 bits per heavy atom. The molecule has 0 aromatic rings. The summed E-state index contributed by atoms with van der Waals surface area (Å²) in [5.74, 6) is 0. The summed E-state index contributed by atoms with van der Waals surface area (Å²) in [6, 6.07) is 0. The molecule has 1 radical (unpaired) electrons. The van der Waals surface area contributed by atoms with E-state index in [-0.39, 0.29) is 0 Å². The fraction of sp³-hybridized carbons (Fsp3) is 0.625. The lowest BCUT2D eigenvalue weighted by molar-refractivity contribution is 0.340. The van der Waals surface area contributed by atoms with E-state index >= 15 is 0 Å². The minimum absolute atomic E-state index is 1.13. The maximum Gasteiger partial charge on any atom is 0.131 e. The molecule has 0 aliphatic heterocycles. The number of hydrogen-bond acceptors (Lipinski definition) is 1. The van der Waals surface area contributed by atoms with Gasteiger partial charge < -0.3 is 4.74 Å². The third-order valence-electron chi connectivity index (χ3n) is 1.04. The van der Waals surface area contributed by atoms with Gasteiger partial charge in [0.1, 0.15) is 6.61 Å². The topological polar surface area (TPSA) is 9.23 Å². The Morgan fingerprint density at radius 2 is 2.22 bits per heavy atom. The SMILES string of the molecule is C[CH]OC=CCCCC. The quantitative estimate of drug-likeness (QED) is 0.407. The van der Waals surface area contributed by atoms with Crippen LogP contribution in [0.5, 0.6) is 0 Å². The second-order valence-electron chi connectivity index (χ2n) is 1.89. The number of rotatable bonds is 5. The van der Waals surface area contributed by atoms with Crippen molar-refractivity contribution >= 4 is 0 Å². The molecule has 0 aromatic carbocycles. The van der Waals surface area contributed by atoms with Crippen molar-refractivity contribution in [1.82, 2.24) is 0 Å². The van der Waals surface area contributed by atoms with Crippen LogP contribution in [0.1, 0.15) is 33.1 Å². The molecule has 0 bridgehead atoms. The zero-order valence-corrected chi connectivity index (χ0v) is 6.26. The van der Waals surface area contributed by atoms with Gasteiger partial charge in [-0.2, -0.15) is 0 Å². The van der Waals surface area contributed by atoms with Crippen molar-refractivity contribution in [2.45, 2.75) is 33.1 Å². The lowest BCUT2D eigenvalue weighted by atomic mass is 10.2. The molecule has 0 saturated carbocycles. The van der Waals surface area contributed by atoms with Crippen molar-refractivity contribution in [3.63, 3.8) is 0 Å². The van der Waals surface area contributed by atoms with Gasteiger partial charge in [0.05, 0.1) is 6.26 Å². The van der Waals surface area contributed by atoms with Crippen molar-refractivity contribution in [2.75, 3.05) is 0 Å². The van der Waals surface area contributed by atoms with Gasteiger partial charge in [-0.25, -0.2) is 0 Å². The first-order chi connectivity index (χ1) is 4.41. The van der Waals surface area contributed by atoms with E-state index in [2.05, 4.69) is 6.92 Å². The molecule has 0 heterocycles. The van der Waals surface area contributed by atoms with Gasteiger partial charge in [0.25, 0.3) is 0 Å². The van der Waals surface area contributed by atoms with Gasteiger partial charge in [-0.3, -0.25) is 0 Å². The summed E-state index contributed by atoms with van der Waals surface area (Å²) < 4.78 is 4.87. The van der Waals surface area contributed by atoms with Crippen molar-refractivity contribution in [3.8, 4) is 0 Å². The molecule has 0 aliphatic carbocycles. The molecule has 0 N–H and O–H groups in total. The zero-order chi connectivity index (χ0) is 6.95. The number of allylic oxidation sites excluding steroid dienone is 1. The van der Waals surface area contributed by atoms with E-state index in [9.17, 15) is 0 Å². The highest BCUT2D eigenvalue weighted by Gasteiger charge is 1.76. The van der Waals surface area contributed by atoms with Gasteiger partial charge in [0.15, 0.2) is 0 Å². The Bertz CT molecular complexity index is 67.0. The summed E-state index contributed by atoms with van der Waals surface area (Å²) in [6.07, 6.45) is 7.41. The van der Waals surface area contributed by atoms with E-state index in [1.165, 1.54) is 12.8 Å². The standard InChI is InChI=1S/C8H15O/c1-3-5-6-7-8-9-4-2/h4,7-8H,3,5-6H2,1-2H3. The van der Waals surface area contributed by atoms with Crippen LogP contribution in [0, 0.1) is 6.61 Å². The van der Waals surface area contributed by atoms with Gasteiger partial charge in [0, 0.05) is 0 Å². The minimum Gasteiger partial charge on any atom is -0.495 e. The molecule has 1 heteroatoms. The predicted octanol–water partition coefficient (Wildman–Crippen LogP) is 2.89. The third-order valence-corrected chi connectivity index (χ3v) is 1.04. The summed E-state index contributed by atoms with van der Waals surface area (Å²) >= 11 is 0. The molecule has 0 unspecified atom stereocenters. The van der Waals surface area contributed by atoms with Gasteiger partial charge in [-0.1, -0.05) is 13.3 Å². The van der Waals surface area contributed by atoms with Gasteiger partial charge >= 0.3 is 0 Å². The van der Waals surface area contributed by atoms with E-state index in [1.54, 1.807) is 12.9 Å². The highest BCUT2D eigenvalue weighted by molar-refractivity contribution is 4.73. The Hall–Kier alpha value is -0.460.